The average Bonchev–Trinajstić information content (AvgIpc) is 3.31. The predicted molar refractivity (Wildman–Crippen MR) is 85.6 cm³/mol. The van der Waals surface area contributed by atoms with Gasteiger partial charge >= 0.3 is 0 Å². The van der Waals surface area contributed by atoms with Gasteiger partial charge in [0.15, 0.2) is 0 Å². The number of nitrogens with zero attached hydrogens (tertiary/aromatic N) is 1. The number of hydrogen-bond acceptors (Lipinski definition) is 2. The lowest BCUT2D eigenvalue weighted by Crippen LogP contribution is -2.42. The summed E-state index contributed by atoms with van der Waals surface area (Å²) in [5, 5.41) is 0. The highest BCUT2D eigenvalue weighted by atomic mass is 19.1. The first kappa shape index (κ1) is 15.0. The van der Waals surface area contributed by atoms with Crippen LogP contribution in [0.15, 0.2) is 24.3 Å². The Morgan fingerprint density at radius 1 is 1.00 bits per heavy atom. The molecule has 2 saturated carbocycles. The lowest BCUT2D eigenvalue weighted by atomic mass is 10.0. The fraction of sp³-hybridized carbons (Fsp3) is 0.632. The number of rotatable bonds is 3. The summed E-state index contributed by atoms with van der Waals surface area (Å²) in [7, 11) is 0. The molecule has 0 radical (unpaired) electrons. The van der Waals surface area contributed by atoms with Crippen LogP contribution in [0.3, 0.4) is 0 Å². The monoisotopic (exact) mass is 317 g/mol. The zero-order valence-corrected chi connectivity index (χ0v) is 13.4. The molecule has 0 aromatic heterocycles. The van der Waals surface area contributed by atoms with Gasteiger partial charge in [0.1, 0.15) is 17.7 Å². The van der Waals surface area contributed by atoms with Crippen LogP contribution in [0.5, 0.6) is 5.75 Å². The Morgan fingerprint density at radius 3 is 2.22 bits per heavy atom. The maximum atomic E-state index is 12.9. The Bertz CT molecular complexity index is 553. The van der Waals surface area contributed by atoms with Crippen molar-refractivity contribution in [3.8, 4) is 5.75 Å². The van der Waals surface area contributed by atoms with E-state index in [1.165, 1.54) is 37.8 Å². The Balaban J connectivity index is 1.27. The third kappa shape index (κ3) is 3.08. The van der Waals surface area contributed by atoms with Crippen molar-refractivity contribution in [2.75, 3.05) is 13.1 Å². The Morgan fingerprint density at radius 2 is 1.61 bits per heavy atom. The van der Waals surface area contributed by atoms with E-state index in [1.807, 2.05) is 4.90 Å². The first-order valence-corrected chi connectivity index (χ1v) is 8.93. The molecule has 0 N–H and O–H groups in total. The number of halogens is 1. The number of carbonyl (C=O) groups is 1. The van der Waals surface area contributed by atoms with Crippen LogP contribution in [0, 0.1) is 23.6 Å². The molecule has 1 aliphatic heterocycles. The highest BCUT2D eigenvalue weighted by Gasteiger charge is 2.55. The number of piperidine rings is 1. The number of likely N-dealkylation sites (tertiary alicyclic amines) is 1. The van der Waals surface area contributed by atoms with Crippen LogP contribution in [-0.2, 0) is 4.79 Å². The third-order valence-electron chi connectivity index (χ3n) is 5.81. The van der Waals surface area contributed by atoms with E-state index in [2.05, 4.69) is 0 Å². The van der Waals surface area contributed by atoms with Crippen molar-refractivity contribution in [3.05, 3.63) is 30.1 Å². The summed E-state index contributed by atoms with van der Waals surface area (Å²) in [6, 6.07) is 6.18. The van der Waals surface area contributed by atoms with E-state index in [-0.39, 0.29) is 11.9 Å². The lowest BCUT2D eigenvalue weighted by molar-refractivity contribution is -0.135. The van der Waals surface area contributed by atoms with Crippen molar-refractivity contribution < 1.29 is 13.9 Å². The van der Waals surface area contributed by atoms with Gasteiger partial charge in [-0.3, -0.25) is 4.79 Å². The van der Waals surface area contributed by atoms with Gasteiger partial charge in [-0.25, -0.2) is 4.39 Å². The van der Waals surface area contributed by atoms with Gasteiger partial charge in [0.2, 0.25) is 5.91 Å². The molecular weight excluding hydrogens is 293 g/mol. The van der Waals surface area contributed by atoms with Gasteiger partial charge in [0.05, 0.1) is 0 Å². The van der Waals surface area contributed by atoms with E-state index in [0.717, 1.165) is 25.9 Å². The standard InChI is InChI=1S/C19H24FNO2/c20-13-5-7-14(8-6-13)23-15-9-11-21(12-10-15)19(22)18-16-3-1-2-4-17(16)18/h5-8,15-18H,1-4,9-12H2/t16-,17-/m0/s1. The summed E-state index contributed by atoms with van der Waals surface area (Å²) in [6.45, 7) is 1.58. The van der Waals surface area contributed by atoms with Gasteiger partial charge in [-0.1, -0.05) is 12.8 Å². The molecule has 3 nitrogen and oxygen atoms in total. The van der Waals surface area contributed by atoms with Crippen molar-refractivity contribution in [2.24, 2.45) is 17.8 Å². The van der Waals surface area contributed by atoms with Crippen molar-refractivity contribution in [1.29, 1.82) is 0 Å². The summed E-state index contributed by atoms with van der Waals surface area (Å²) in [5.74, 6) is 2.55. The van der Waals surface area contributed by atoms with Crippen LogP contribution in [-0.4, -0.2) is 30.0 Å². The first-order valence-electron chi connectivity index (χ1n) is 8.93. The zero-order chi connectivity index (χ0) is 15.8. The molecule has 3 aliphatic rings. The maximum absolute atomic E-state index is 12.9. The summed E-state index contributed by atoms with van der Waals surface area (Å²) in [4.78, 5) is 14.7. The van der Waals surface area contributed by atoms with Gasteiger partial charge in [-0.2, -0.15) is 0 Å². The van der Waals surface area contributed by atoms with Gasteiger partial charge in [0.25, 0.3) is 0 Å². The molecule has 124 valence electrons. The molecule has 1 amide bonds. The number of benzene rings is 1. The van der Waals surface area contributed by atoms with E-state index in [0.29, 0.717) is 29.4 Å². The minimum atomic E-state index is -0.247. The summed E-state index contributed by atoms with van der Waals surface area (Å²) in [6.07, 6.45) is 6.98. The Labute approximate surface area is 136 Å². The second kappa shape index (κ2) is 6.14. The van der Waals surface area contributed by atoms with Crippen molar-refractivity contribution in [3.63, 3.8) is 0 Å². The van der Waals surface area contributed by atoms with Crippen LogP contribution in [0.4, 0.5) is 4.39 Å². The molecule has 1 aromatic rings. The van der Waals surface area contributed by atoms with E-state index < -0.39 is 0 Å². The minimum absolute atomic E-state index is 0.131. The minimum Gasteiger partial charge on any atom is -0.490 e. The fourth-order valence-electron chi connectivity index (χ4n) is 4.47. The second-order valence-corrected chi connectivity index (χ2v) is 7.23. The molecule has 2 atom stereocenters. The number of carbonyl (C=O) groups excluding carboxylic acids is 1. The molecular formula is C19H24FNO2. The number of ether oxygens (including phenoxy) is 1. The normalized spacial score (nSPS) is 30.7. The van der Waals surface area contributed by atoms with E-state index in [1.54, 1.807) is 12.1 Å². The van der Waals surface area contributed by atoms with Crippen molar-refractivity contribution in [2.45, 2.75) is 44.6 Å². The Kier molecular flexibility index (Phi) is 4.00. The van der Waals surface area contributed by atoms with Gasteiger partial charge in [-0.05, 0) is 48.9 Å². The van der Waals surface area contributed by atoms with Crippen molar-refractivity contribution >= 4 is 5.91 Å². The smallest absolute Gasteiger partial charge is 0.226 e. The molecule has 0 spiro atoms. The quantitative estimate of drug-likeness (QED) is 0.852. The van der Waals surface area contributed by atoms with E-state index >= 15 is 0 Å². The van der Waals surface area contributed by atoms with Gasteiger partial charge in [0, 0.05) is 31.8 Å². The molecule has 4 rings (SSSR count). The molecule has 1 aromatic carbocycles. The largest absolute Gasteiger partial charge is 0.490 e. The third-order valence-corrected chi connectivity index (χ3v) is 5.81. The maximum Gasteiger partial charge on any atom is 0.226 e. The van der Waals surface area contributed by atoms with E-state index in [4.69, 9.17) is 4.74 Å². The van der Waals surface area contributed by atoms with E-state index in [9.17, 15) is 9.18 Å². The van der Waals surface area contributed by atoms with Crippen LogP contribution >= 0.6 is 0 Å². The predicted octanol–water partition coefficient (Wildman–Crippen LogP) is 3.63. The highest BCUT2D eigenvalue weighted by molar-refractivity contribution is 5.82. The highest BCUT2D eigenvalue weighted by Crippen LogP contribution is 2.56. The van der Waals surface area contributed by atoms with Gasteiger partial charge in [-0.15, -0.1) is 0 Å². The number of fused-ring (bicyclic) bond motifs is 1. The van der Waals surface area contributed by atoms with Crippen LogP contribution < -0.4 is 4.74 Å². The fourth-order valence-corrected chi connectivity index (χ4v) is 4.47. The van der Waals surface area contributed by atoms with Gasteiger partial charge < -0.3 is 9.64 Å². The molecule has 2 aliphatic carbocycles. The summed E-state index contributed by atoms with van der Waals surface area (Å²) in [5.41, 5.74) is 0. The topological polar surface area (TPSA) is 29.5 Å². The Hall–Kier alpha value is -1.58. The summed E-state index contributed by atoms with van der Waals surface area (Å²) < 4.78 is 18.8. The van der Waals surface area contributed by atoms with Crippen molar-refractivity contribution in [1.82, 2.24) is 4.90 Å². The molecule has 4 heteroatoms. The SMILES string of the molecule is O=C(C1[C@H]2CCCC[C@H]12)N1CCC(Oc2ccc(F)cc2)CC1. The molecule has 1 saturated heterocycles. The molecule has 1 heterocycles. The molecule has 0 unspecified atom stereocenters. The lowest BCUT2D eigenvalue weighted by Gasteiger charge is -2.32. The van der Waals surface area contributed by atoms with Crippen LogP contribution in [0.2, 0.25) is 0 Å². The van der Waals surface area contributed by atoms with Crippen LogP contribution in [0.1, 0.15) is 38.5 Å². The molecule has 0 bridgehead atoms. The molecule has 3 fully saturated rings. The molecule has 23 heavy (non-hydrogen) atoms. The zero-order valence-electron chi connectivity index (χ0n) is 13.4. The second-order valence-electron chi connectivity index (χ2n) is 7.23. The number of hydrogen-bond donors (Lipinski definition) is 0. The number of amides is 1. The first-order chi connectivity index (χ1) is 11.2. The average molecular weight is 317 g/mol. The summed E-state index contributed by atoms with van der Waals surface area (Å²) >= 11 is 0. The van der Waals surface area contributed by atoms with Crippen LogP contribution in [0.25, 0.3) is 0 Å².